The van der Waals surface area contributed by atoms with Crippen LogP contribution in [0.1, 0.15) is 16.0 Å². The Labute approximate surface area is 169 Å². The fourth-order valence-corrected chi connectivity index (χ4v) is 6.44. The maximum absolute atomic E-state index is 13.1. The van der Waals surface area contributed by atoms with Crippen molar-refractivity contribution >= 4 is 31.0 Å². The second-order valence-corrected chi connectivity index (χ2v) is 12.1. The fourth-order valence-electron chi connectivity index (χ4n) is 2.98. The predicted octanol–water partition coefficient (Wildman–Crippen LogP) is 3.73. The van der Waals surface area contributed by atoms with Crippen LogP contribution in [0.15, 0.2) is 62.5 Å². The van der Waals surface area contributed by atoms with Crippen LogP contribution in [-0.4, -0.2) is 23.1 Å². The summed E-state index contributed by atoms with van der Waals surface area (Å²) in [6.07, 6.45) is 1.07. The summed E-state index contributed by atoms with van der Waals surface area (Å²) in [6.45, 7) is 4.13. The molecule has 8 heteroatoms. The van der Waals surface area contributed by atoms with Crippen molar-refractivity contribution in [1.82, 2.24) is 0 Å². The van der Waals surface area contributed by atoms with Gasteiger partial charge in [0.05, 0.1) is 9.79 Å². The Morgan fingerprint density at radius 3 is 1.93 bits per heavy atom. The van der Waals surface area contributed by atoms with E-state index in [9.17, 15) is 16.8 Å². The molecule has 0 atom stereocenters. The Bertz CT molecular complexity index is 1240. The Morgan fingerprint density at radius 2 is 1.39 bits per heavy atom. The fraction of sp³-hybridized carbons (Fsp3) is 0.200. The van der Waals surface area contributed by atoms with Crippen LogP contribution in [-0.2, 0) is 26.2 Å². The normalized spacial score (nSPS) is 12.3. The lowest BCUT2D eigenvalue weighted by molar-refractivity contribution is 0.597. The number of aryl methyl sites for hydroxylation is 2. The van der Waals surface area contributed by atoms with Crippen LogP contribution in [0.4, 0.5) is 0 Å². The molecule has 0 saturated carbocycles. The van der Waals surface area contributed by atoms with Crippen LogP contribution in [0.2, 0.25) is 0 Å². The van der Waals surface area contributed by atoms with Crippen molar-refractivity contribution in [3.8, 4) is 11.1 Å². The van der Waals surface area contributed by atoms with E-state index in [1.165, 1.54) is 24.3 Å². The molecule has 0 saturated heterocycles. The van der Waals surface area contributed by atoms with Gasteiger partial charge in [0.2, 0.25) is 9.84 Å². The zero-order valence-corrected chi connectivity index (χ0v) is 18.2. The van der Waals surface area contributed by atoms with Gasteiger partial charge < -0.3 is 5.73 Å². The molecule has 28 heavy (non-hydrogen) atoms. The van der Waals surface area contributed by atoms with Gasteiger partial charge in [-0.05, 0) is 55.3 Å². The van der Waals surface area contributed by atoms with E-state index in [1.807, 2.05) is 32.0 Å². The van der Waals surface area contributed by atoms with Crippen LogP contribution >= 0.6 is 11.3 Å². The Morgan fingerprint density at radius 1 is 0.821 bits per heavy atom. The minimum absolute atomic E-state index is 0.0293. The van der Waals surface area contributed by atoms with Crippen LogP contribution in [0, 0.1) is 13.8 Å². The number of thiophene rings is 1. The van der Waals surface area contributed by atoms with Gasteiger partial charge >= 0.3 is 0 Å². The SMILES string of the molecule is Cc1cc(C)cc(-c2cc(S(C)(=O)=O)cc(S(=O)(=O)c3ccc(CN)s3)c2)c1. The largest absolute Gasteiger partial charge is 0.326 e. The molecule has 2 N–H and O–H groups in total. The molecular weight excluding hydrogens is 414 g/mol. The number of benzene rings is 2. The van der Waals surface area contributed by atoms with Crippen molar-refractivity contribution < 1.29 is 16.8 Å². The van der Waals surface area contributed by atoms with E-state index in [1.54, 1.807) is 6.07 Å². The van der Waals surface area contributed by atoms with E-state index in [0.717, 1.165) is 39.2 Å². The van der Waals surface area contributed by atoms with Gasteiger partial charge in [-0.15, -0.1) is 11.3 Å². The van der Waals surface area contributed by atoms with E-state index in [4.69, 9.17) is 5.73 Å². The minimum Gasteiger partial charge on any atom is -0.326 e. The minimum atomic E-state index is -3.86. The van der Waals surface area contributed by atoms with Gasteiger partial charge in [0.25, 0.3) is 0 Å². The van der Waals surface area contributed by atoms with Crippen molar-refractivity contribution in [2.45, 2.75) is 34.4 Å². The molecule has 0 spiro atoms. The lowest BCUT2D eigenvalue weighted by Crippen LogP contribution is -2.04. The molecule has 148 valence electrons. The molecule has 0 bridgehead atoms. The third kappa shape index (κ3) is 4.20. The zero-order chi connectivity index (χ0) is 20.7. The smallest absolute Gasteiger partial charge is 0.216 e. The highest BCUT2D eigenvalue weighted by Gasteiger charge is 2.23. The van der Waals surface area contributed by atoms with E-state index >= 15 is 0 Å². The van der Waals surface area contributed by atoms with Crippen molar-refractivity contribution in [3.05, 3.63) is 64.5 Å². The average molecular weight is 436 g/mol. The molecule has 5 nitrogen and oxygen atoms in total. The number of hydrogen-bond acceptors (Lipinski definition) is 6. The molecule has 2 aromatic carbocycles. The summed E-state index contributed by atoms with van der Waals surface area (Å²) in [5.41, 5.74) is 8.93. The molecule has 0 aliphatic heterocycles. The number of hydrogen-bond donors (Lipinski definition) is 1. The summed E-state index contributed by atoms with van der Waals surface area (Å²) in [5, 5.41) is 0. The number of sulfone groups is 2. The van der Waals surface area contributed by atoms with Gasteiger partial charge in [0.15, 0.2) is 9.84 Å². The summed E-state index contributed by atoms with van der Waals surface area (Å²) in [5.74, 6) is 0. The molecule has 0 amide bonds. The third-order valence-electron chi connectivity index (χ3n) is 4.28. The molecule has 0 fully saturated rings. The Balaban J connectivity index is 2.27. The lowest BCUT2D eigenvalue weighted by atomic mass is 10.0. The molecule has 0 unspecified atom stereocenters. The summed E-state index contributed by atoms with van der Waals surface area (Å²) in [6, 6.07) is 13.3. The van der Waals surface area contributed by atoms with Gasteiger partial charge in [-0.3, -0.25) is 0 Å². The molecule has 0 radical (unpaired) electrons. The van der Waals surface area contributed by atoms with E-state index in [0.29, 0.717) is 5.56 Å². The highest BCUT2D eigenvalue weighted by molar-refractivity contribution is 7.93. The maximum Gasteiger partial charge on any atom is 0.216 e. The summed E-state index contributed by atoms with van der Waals surface area (Å²) in [7, 11) is -7.46. The molecule has 3 aromatic rings. The summed E-state index contributed by atoms with van der Waals surface area (Å²) < 4.78 is 50.8. The highest BCUT2D eigenvalue weighted by atomic mass is 32.2. The van der Waals surface area contributed by atoms with Crippen LogP contribution < -0.4 is 5.73 Å². The van der Waals surface area contributed by atoms with Crippen LogP contribution in [0.3, 0.4) is 0 Å². The second kappa shape index (κ2) is 7.44. The molecule has 1 heterocycles. The van der Waals surface area contributed by atoms with Crippen molar-refractivity contribution in [2.75, 3.05) is 6.26 Å². The first kappa shape index (κ1) is 20.7. The van der Waals surface area contributed by atoms with Crippen molar-refractivity contribution in [2.24, 2.45) is 5.73 Å². The van der Waals surface area contributed by atoms with Crippen LogP contribution in [0.5, 0.6) is 0 Å². The van der Waals surface area contributed by atoms with Gasteiger partial charge in [-0.1, -0.05) is 29.3 Å². The summed E-state index contributed by atoms with van der Waals surface area (Å²) in [4.78, 5) is 0.667. The number of nitrogens with two attached hydrogens (primary N) is 1. The Hall–Kier alpha value is -2.00. The van der Waals surface area contributed by atoms with Crippen LogP contribution in [0.25, 0.3) is 11.1 Å². The van der Waals surface area contributed by atoms with E-state index in [-0.39, 0.29) is 20.5 Å². The topological polar surface area (TPSA) is 94.3 Å². The zero-order valence-electron chi connectivity index (χ0n) is 15.8. The first-order valence-electron chi connectivity index (χ1n) is 8.48. The highest BCUT2D eigenvalue weighted by Crippen LogP contribution is 2.33. The van der Waals surface area contributed by atoms with Gasteiger partial charge in [-0.25, -0.2) is 16.8 Å². The van der Waals surface area contributed by atoms with Gasteiger partial charge in [0, 0.05) is 17.7 Å². The van der Waals surface area contributed by atoms with Gasteiger partial charge in [0.1, 0.15) is 4.21 Å². The monoisotopic (exact) mass is 435 g/mol. The quantitative estimate of drug-likeness (QED) is 0.659. The molecule has 0 aliphatic rings. The first-order chi connectivity index (χ1) is 13.0. The molecule has 1 aromatic heterocycles. The standard InChI is InChI=1S/C20H21NO4S3/c1-13-6-14(2)8-15(7-13)16-9-18(27(3,22)23)11-19(10-16)28(24,25)20-5-4-17(12-21)26-20/h4-11H,12,21H2,1-3H3. The average Bonchev–Trinajstić information content (AvgIpc) is 3.10. The molecule has 3 rings (SSSR count). The lowest BCUT2D eigenvalue weighted by Gasteiger charge is -2.11. The summed E-state index contributed by atoms with van der Waals surface area (Å²) >= 11 is 1.09. The van der Waals surface area contributed by atoms with E-state index < -0.39 is 19.7 Å². The predicted molar refractivity (Wildman–Crippen MR) is 112 cm³/mol. The van der Waals surface area contributed by atoms with Crippen molar-refractivity contribution in [1.29, 1.82) is 0 Å². The number of rotatable bonds is 5. The maximum atomic E-state index is 13.1. The molecule has 0 aliphatic carbocycles. The van der Waals surface area contributed by atoms with Crippen molar-refractivity contribution in [3.63, 3.8) is 0 Å². The van der Waals surface area contributed by atoms with Gasteiger partial charge in [-0.2, -0.15) is 0 Å². The van der Waals surface area contributed by atoms with E-state index in [2.05, 4.69) is 0 Å². The first-order valence-corrected chi connectivity index (χ1v) is 12.7. The molecular formula is C20H21NO4S3. The third-order valence-corrected chi connectivity index (χ3v) is 8.70. The Kier molecular flexibility index (Phi) is 5.51. The second-order valence-electron chi connectivity index (χ2n) is 6.77.